The predicted molar refractivity (Wildman–Crippen MR) is 109 cm³/mol. The van der Waals surface area contributed by atoms with E-state index in [9.17, 15) is 22.8 Å². The van der Waals surface area contributed by atoms with Gasteiger partial charge in [0.25, 0.3) is 0 Å². The summed E-state index contributed by atoms with van der Waals surface area (Å²) in [7, 11) is 0. The molecule has 9 heteroatoms. The Bertz CT molecular complexity index is 862. The minimum absolute atomic E-state index is 0.0194. The summed E-state index contributed by atoms with van der Waals surface area (Å²) in [6.45, 7) is 6.18. The lowest BCUT2D eigenvalue weighted by Gasteiger charge is -2.29. The van der Waals surface area contributed by atoms with Crippen molar-refractivity contribution in [3.05, 3.63) is 35.7 Å². The fourth-order valence-corrected chi connectivity index (χ4v) is 3.97. The van der Waals surface area contributed by atoms with E-state index in [0.717, 1.165) is 17.8 Å². The monoisotopic (exact) mass is 439 g/mol. The molecule has 0 aromatic carbocycles. The van der Waals surface area contributed by atoms with Gasteiger partial charge in [-0.1, -0.05) is 6.08 Å². The number of hydrogen-bond acceptors (Lipinski definition) is 4. The normalized spacial score (nSPS) is 22.1. The second-order valence-corrected chi connectivity index (χ2v) is 9.08. The Morgan fingerprint density at radius 3 is 2.55 bits per heavy atom. The van der Waals surface area contributed by atoms with Crippen LogP contribution in [0.5, 0.6) is 0 Å². The van der Waals surface area contributed by atoms with Crippen molar-refractivity contribution < 1.29 is 27.5 Å². The lowest BCUT2D eigenvalue weighted by Crippen LogP contribution is -2.40. The van der Waals surface area contributed by atoms with Gasteiger partial charge in [-0.15, -0.1) is 0 Å². The molecule has 2 amide bonds. The topological polar surface area (TPSA) is 71.5 Å². The number of ether oxygens (including phenoxy) is 1. The smallest absolute Gasteiger partial charge is 0.417 e. The predicted octanol–water partition coefficient (Wildman–Crippen LogP) is 4.41. The largest absolute Gasteiger partial charge is 0.444 e. The highest BCUT2D eigenvalue weighted by Crippen LogP contribution is 2.33. The molecule has 2 unspecified atom stereocenters. The SMILES string of the molecule is CC(C)(C)OC(=O)NC1CCC(C(=O)N2CC=C(c3cncc(C(F)(F)F)c3)CC2)C1. The number of pyridine rings is 1. The van der Waals surface area contributed by atoms with Gasteiger partial charge in [0.05, 0.1) is 5.56 Å². The van der Waals surface area contributed by atoms with Crippen LogP contribution in [0.2, 0.25) is 0 Å². The van der Waals surface area contributed by atoms with Crippen molar-refractivity contribution in [3.63, 3.8) is 0 Å². The molecule has 6 nitrogen and oxygen atoms in total. The van der Waals surface area contributed by atoms with Gasteiger partial charge >= 0.3 is 12.3 Å². The van der Waals surface area contributed by atoms with Crippen molar-refractivity contribution in [2.24, 2.45) is 5.92 Å². The Morgan fingerprint density at radius 1 is 1.19 bits per heavy atom. The average molecular weight is 439 g/mol. The Kier molecular flexibility index (Phi) is 6.62. The van der Waals surface area contributed by atoms with E-state index in [0.29, 0.717) is 44.3 Å². The summed E-state index contributed by atoms with van der Waals surface area (Å²) in [5.74, 6) is -0.156. The Hall–Kier alpha value is -2.58. The fourth-order valence-electron chi connectivity index (χ4n) is 3.97. The molecule has 2 atom stereocenters. The summed E-state index contributed by atoms with van der Waals surface area (Å²) < 4.78 is 44.0. The van der Waals surface area contributed by atoms with E-state index < -0.39 is 23.4 Å². The number of alkyl halides is 3. The van der Waals surface area contributed by atoms with Crippen LogP contribution in [0.3, 0.4) is 0 Å². The third kappa shape index (κ3) is 6.21. The summed E-state index contributed by atoms with van der Waals surface area (Å²) in [5.41, 5.74) is -0.160. The molecule has 0 saturated heterocycles. The van der Waals surface area contributed by atoms with Crippen molar-refractivity contribution in [1.82, 2.24) is 15.2 Å². The van der Waals surface area contributed by atoms with Crippen LogP contribution >= 0.6 is 0 Å². The molecule has 1 aliphatic heterocycles. The van der Waals surface area contributed by atoms with Gasteiger partial charge in [-0.05, 0) is 63.7 Å². The molecule has 0 radical (unpaired) electrons. The highest BCUT2D eigenvalue weighted by atomic mass is 19.4. The summed E-state index contributed by atoms with van der Waals surface area (Å²) in [5, 5.41) is 2.83. The number of halogens is 3. The average Bonchev–Trinajstić information content (AvgIpc) is 3.14. The molecule has 0 spiro atoms. The van der Waals surface area contributed by atoms with Crippen LogP contribution in [0, 0.1) is 5.92 Å². The number of aromatic nitrogens is 1. The number of carbonyl (C=O) groups excluding carboxylic acids is 2. The Morgan fingerprint density at radius 2 is 1.94 bits per heavy atom. The zero-order valence-corrected chi connectivity index (χ0v) is 18.0. The molecule has 1 aromatic rings. The summed E-state index contributed by atoms with van der Waals surface area (Å²) >= 11 is 0. The standard InChI is InChI=1S/C22H28F3N3O3/c1-21(2,3)31-20(30)27-18-5-4-15(11-18)19(29)28-8-6-14(7-9-28)16-10-17(13-26-12-16)22(23,24)25/h6,10,12-13,15,18H,4-5,7-9,11H2,1-3H3,(H,27,30). The second-order valence-electron chi connectivity index (χ2n) is 9.08. The van der Waals surface area contributed by atoms with E-state index in [-0.39, 0.29) is 17.9 Å². The van der Waals surface area contributed by atoms with E-state index >= 15 is 0 Å². The molecule has 1 saturated carbocycles. The number of amides is 2. The van der Waals surface area contributed by atoms with Gasteiger partial charge in [0, 0.05) is 37.4 Å². The first-order chi connectivity index (χ1) is 14.4. The second kappa shape index (κ2) is 8.88. The maximum Gasteiger partial charge on any atom is 0.417 e. The first kappa shape index (κ1) is 23.1. The number of hydrogen-bond donors (Lipinski definition) is 1. The van der Waals surface area contributed by atoms with Crippen molar-refractivity contribution in [2.45, 2.75) is 64.3 Å². The van der Waals surface area contributed by atoms with Gasteiger partial charge in [-0.2, -0.15) is 13.2 Å². The van der Waals surface area contributed by atoms with Crippen LogP contribution < -0.4 is 5.32 Å². The molecule has 1 N–H and O–H groups in total. The van der Waals surface area contributed by atoms with Crippen LogP contribution in [-0.4, -0.2) is 46.6 Å². The molecular formula is C22H28F3N3O3. The number of nitrogens with one attached hydrogen (secondary N) is 1. The van der Waals surface area contributed by atoms with E-state index in [1.54, 1.807) is 31.7 Å². The van der Waals surface area contributed by atoms with Crippen molar-refractivity contribution in [1.29, 1.82) is 0 Å². The molecule has 31 heavy (non-hydrogen) atoms. The third-order valence-electron chi connectivity index (χ3n) is 5.46. The van der Waals surface area contributed by atoms with E-state index in [2.05, 4.69) is 10.3 Å². The Balaban J connectivity index is 1.55. The van der Waals surface area contributed by atoms with Gasteiger partial charge in [0.15, 0.2) is 0 Å². The fraction of sp³-hybridized carbons (Fsp3) is 0.591. The maximum absolute atomic E-state index is 12.9. The number of alkyl carbamates (subject to hydrolysis) is 1. The number of nitrogens with zero attached hydrogens (tertiary/aromatic N) is 2. The molecule has 1 aliphatic carbocycles. The van der Waals surface area contributed by atoms with Crippen LogP contribution in [0.25, 0.3) is 5.57 Å². The van der Waals surface area contributed by atoms with E-state index in [1.807, 2.05) is 0 Å². The maximum atomic E-state index is 12.9. The molecule has 2 heterocycles. The highest BCUT2D eigenvalue weighted by molar-refractivity contribution is 5.81. The van der Waals surface area contributed by atoms with Crippen molar-refractivity contribution in [3.8, 4) is 0 Å². The zero-order chi connectivity index (χ0) is 22.8. The van der Waals surface area contributed by atoms with Gasteiger partial charge < -0.3 is 15.0 Å². The lowest BCUT2D eigenvalue weighted by atomic mass is 9.98. The molecule has 1 aromatic heterocycles. The summed E-state index contributed by atoms with van der Waals surface area (Å²) in [6, 6.07) is 0.996. The molecule has 2 aliphatic rings. The quantitative estimate of drug-likeness (QED) is 0.757. The zero-order valence-electron chi connectivity index (χ0n) is 18.0. The molecular weight excluding hydrogens is 411 g/mol. The molecule has 0 bridgehead atoms. The van der Waals surface area contributed by atoms with Crippen molar-refractivity contribution >= 4 is 17.6 Å². The number of carbonyl (C=O) groups is 2. The Labute approximate surface area is 179 Å². The van der Waals surface area contributed by atoms with Gasteiger partial charge in [0.1, 0.15) is 5.60 Å². The van der Waals surface area contributed by atoms with Crippen LogP contribution in [-0.2, 0) is 15.7 Å². The van der Waals surface area contributed by atoms with Crippen LogP contribution in [0.15, 0.2) is 24.5 Å². The van der Waals surface area contributed by atoms with Crippen LogP contribution in [0.4, 0.5) is 18.0 Å². The van der Waals surface area contributed by atoms with Gasteiger partial charge in [0.2, 0.25) is 5.91 Å². The summed E-state index contributed by atoms with van der Waals surface area (Å²) in [6.07, 6.45) is 1.53. The third-order valence-corrected chi connectivity index (χ3v) is 5.46. The highest BCUT2D eigenvalue weighted by Gasteiger charge is 2.35. The first-order valence-corrected chi connectivity index (χ1v) is 10.4. The van der Waals surface area contributed by atoms with E-state index in [1.165, 1.54) is 6.20 Å². The number of rotatable bonds is 3. The summed E-state index contributed by atoms with van der Waals surface area (Å²) in [4.78, 5) is 30.3. The minimum atomic E-state index is -4.44. The lowest BCUT2D eigenvalue weighted by molar-refractivity contribution is -0.138. The first-order valence-electron chi connectivity index (χ1n) is 10.4. The molecule has 3 rings (SSSR count). The van der Waals surface area contributed by atoms with Crippen LogP contribution in [0.1, 0.15) is 57.6 Å². The van der Waals surface area contributed by atoms with Gasteiger partial charge in [-0.3, -0.25) is 9.78 Å². The minimum Gasteiger partial charge on any atom is -0.444 e. The van der Waals surface area contributed by atoms with E-state index in [4.69, 9.17) is 4.74 Å². The van der Waals surface area contributed by atoms with Crippen molar-refractivity contribution in [2.75, 3.05) is 13.1 Å². The molecule has 1 fully saturated rings. The molecule has 170 valence electrons. The van der Waals surface area contributed by atoms with Gasteiger partial charge in [-0.25, -0.2) is 4.79 Å².